The maximum absolute atomic E-state index is 14.1. The molecule has 124 valence electrons. The summed E-state index contributed by atoms with van der Waals surface area (Å²) in [6.07, 6.45) is 3.46. The molecule has 7 nitrogen and oxygen atoms in total. The van der Waals surface area contributed by atoms with Gasteiger partial charge in [0.15, 0.2) is 11.0 Å². The lowest BCUT2D eigenvalue weighted by Gasteiger charge is -2.40. The van der Waals surface area contributed by atoms with Crippen LogP contribution in [0.5, 0.6) is 0 Å². The van der Waals surface area contributed by atoms with Crippen molar-refractivity contribution in [2.45, 2.75) is 12.5 Å². The maximum atomic E-state index is 14.1. The number of carbonyl (C=O) groups is 1. The summed E-state index contributed by atoms with van der Waals surface area (Å²) in [6, 6.07) is 1.55. The van der Waals surface area contributed by atoms with E-state index in [1.165, 1.54) is 17.3 Å². The summed E-state index contributed by atoms with van der Waals surface area (Å²) < 4.78 is 14.1. The van der Waals surface area contributed by atoms with Gasteiger partial charge in [-0.15, -0.1) is 0 Å². The molecule has 1 aliphatic heterocycles. The number of anilines is 1. The highest BCUT2D eigenvalue weighted by molar-refractivity contribution is 6.30. The third-order valence-electron chi connectivity index (χ3n) is 4.09. The number of amides is 1. The number of halogens is 2. The predicted octanol–water partition coefficient (Wildman–Crippen LogP) is 2.50. The summed E-state index contributed by atoms with van der Waals surface area (Å²) in [7, 11) is 0. The summed E-state index contributed by atoms with van der Waals surface area (Å²) >= 11 is 5.71. The molecule has 0 aliphatic carbocycles. The van der Waals surface area contributed by atoms with Gasteiger partial charge in [-0.1, -0.05) is 11.6 Å². The lowest BCUT2D eigenvalue weighted by molar-refractivity contribution is 0.119. The van der Waals surface area contributed by atoms with Gasteiger partial charge in [-0.2, -0.15) is 5.26 Å². The monoisotopic (exact) mass is 349 g/mol. The van der Waals surface area contributed by atoms with Crippen molar-refractivity contribution in [1.29, 1.82) is 5.26 Å². The Kier molecular flexibility index (Phi) is 4.36. The molecule has 24 heavy (non-hydrogen) atoms. The number of nitrogens with zero attached hydrogens (tertiary/aromatic N) is 5. The molecule has 2 aromatic heterocycles. The van der Waals surface area contributed by atoms with E-state index in [0.717, 1.165) is 0 Å². The molecule has 0 spiro atoms. The molecule has 0 aromatic carbocycles. The largest absolute Gasteiger partial charge is 0.465 e. The smallest absolute Gasteiger partial charge is 0.407 e. The fourth-order valence-electron chi connectivity index (χ4n) is 2.92. The van der Waals surface area contributed by atoms with Gasteiger partial charge in [0, 0.05) is 42.8 Å². The van der Waals surface area contributed by atoms with Gasteiger partial charge in [-0.25, -0.2) is 14.2 Å². The molecule has 2 aromatic rings. The van der Waals surface area contributed by atoms with Crippen molar-refractivity contribution < 1.29 is 14.3 Å². The van der Waals surface area contributed by atoms with E-state index < -0.39 is 18.0 Å². The van der Waals surface area contributed by atoms with E-state index in [1.807, 2.05) is 11.0 Å². The number of nitriles is 1. The van der Waals surface area contributed by atoms with E-state index >= 15 is 0 Å². The number of pyridine rings is 2. The van der Waals surface area contributed by atoms with Crippen LogP contribution in [0.4, 0.5) is 14.9 Å². The van der Waals surface area contributed by atoms with Crippen LogP contribution >= 0.6 is 11.6 Å². The highest BCUT2D eigenvalue weighted by Crippen LogP contribution is 2.30. The molecule has 0 bridgehead atoms. The van der Waals surface area contributed by atoms with Crippen molar-refractivity contribution in [1.82, 2.24) is 14.9 Å². The van der Waals surface area contributed by atoms with Crippen LogP contribution in [0.25, 0.3) is 10.8 Å². The van der Waals surface area contributed by atoms with E-state index in [0.29, 0.717) is 24.2 Å². The number of aromatic nitrogens is 2. The third-order valence-corrected chi connectivity index (χ3v) is 4.35. The molecule has 1 atom stereocenters. The standard InChI is InChI=1S/C15H13ClFN5O2/c16-14-13(17)11-5-19-7-12(10(11)6-20-14)21-3-4-22(15(23)24)9(8-21)1-2-18/h5-7,9H,1,3-4,8H2,(H,23,24)/t9-/m0/s1. The third kappa shape index (κ3) is 2.78. The minimum atomic E-state index is -1.05. The molecular formula is C15H13ClFN5O2. The van der Waals surface area contributed by atoms with Gasteiger partial charge in [0.1, 0.15) is 0 Å². The van der Waals surface area contributed by atoms with Crippen LogP contribution in [0.3, 0.4) is 0 Å². The van der Waals surface area contributed by atoms with E-state index in [4.69, 9.17) is 16.9 Å². The number of hydrogen-bond acceptors (Lipinski definition) is 5. The quantitative estimate of drug-likeness (QED) is 0.837. The number of hydrogen-bond donors (Lipinski definition) is 1. The molecule has 0 saturated carbocycles. The Balaban J connectivity index is 1.98. The number of rotatable bonds is 2. The fourth-order valence-corrected chi connectivity index (χ4v) is 3.07. The lowest BCUT2D eigenvalue weighted by atomic mass is 10.1. The number of piperazine rings is 1. The first-order valence-electron chi connectivity index (χ1n) is 7.22. The van der Waals surface area contributed by atoms with Gasteiger partial charge in [-0.3, -0.25) is 4.98 Å². The van der Waals surface area contributed by atoms with Crippen LogP contribution in [0.2, 0.25) is 5.15 Å². The highest BCUT2D eigenvalue weighted by Gasteiger charge is 2.31. The van der Waals surface area contributed by atoms with Gasteiger partial charge in [0.05, 0.1) is 30.4 Å². The molecule has 1 aliphatic rings. The zero-order valence-electron chi connectivity index (χ0n) is 12.5. The Morgan fingerprint density at radius 2 is 2.21 bits per heavy atom. The summed E-state index contributed by atoms with van der Waals surface area (Å²) in [6.45, 7) is 0.992. The van der Waals surface area contributed by atoms with Crippen LogP contribution < -0.4 is 4.90 Å². The van der Waals surface area contributed by atoms with E-state index in [-0.39, 0.29) is 23.5 Å². The van der Waals surface area contributed by atoms with Crippen molar-refractivity contribution >= 4 is 34.2 Å². The van der Waals surface area contributed by atoms with E-state index in [1.54, 1.807) is 6.20 Å². The van der Waals surface area contributed by atoms with Crippen LogP contribution in [0, 0.1) is 17.1 Å². The van der Waals surface area contributed by atoms with Crippen molar-refractivity contribution in [2.24, 2.45) is 0 Å². The number of fused-ring (bicyclic) bond motifs is 1. The van der Waals surface area contributed by atoms with Gasteiger partial charge in [0.25, 0.3) is 0 Å². The topological polar surface area (TPSA) is 93.4 Å². The van der Waals surface area contributed by atoms with E-state index in [2.05, 4.69) is 9.97 Å². The van der Waals surface area contributed by atoms with Crippen molar-refractivity contribution in [3.05, 3.63) is 29.6 Å². The lowest BCUT2D eigenvalue weighted by Crippen LogP contribution is -2.55. The molecule has 9 heteroatoms. The SMILES string of the molecule is N#CC[C@H]1CN(c2cncc3c(F)c(Cl)ncc23)CCN1C(=O)O. The minimum Gasteiger partial charge on any atom is -0.465 e. The minimum absolute atomic E-state index is 0.0828. The second-order valence-corrected chi connectivity index (χ2v) is 5.78. The second-order valence-electron chi connectivity index (χ2n) is 5.42. The summed E-state index contributed by atoms with van der Waals surface area (Å²) in [5.74, 6) is -0.638. The first-order valence-corrected chi connectivity index (χ1v) is 7.60. The van der Waals surface area contributed by atoms with Gasteiger partial charge < -0.3 is 14.9 Å². The van der Waals surface area contributed by atoms with Gasteiger partial charge >= 0.3 is 6.09 Å². The van der Waals surface area contributed by atoms with Gasteiger partial charge in [0.2, 0.25) is 0 Å². The van der Waals surface area contributed by atoms with Crippen LogP contribution in [0.1, 0.15) is 6.42 Å². The Bertz CT molecular complexity index is 840. The first kappa shape index (κ1) is 16.2. The summed E-state index contributed by atoms with van der Waals surface area (Å²) in [5.41, 5.74) is 0.642. The molecule has 1 N–H and O–H groups in total. The van der Waals surface area contributed by atoms with Crippen molar-refractivity contribution in [3.8, 4) is 6.07 Å². The molecular weight excluding hydrogens is 337 g/mol. The molecule has 1 saturated heterocycles. The summed E-state index contributed by atoms with van der Waals surface area (Å²) in [4.78, 5) is 22.3. The fraction of sp³-hybridized carbons (Fsp3) is 0.333. The predicted molar refractivity (Wildman–Crippen MR) is 85.5 cm³/mol. The summed E-state index contributed by atoms with van der Waals surface area (Å²) in [5, 5.41) is 18.8. The van der Waals surface area contributed by atoms with Crippen LogP contribution in [0.15, 0.2) is 18.6 Å². The highest BCUT2D eigenvalue weighted by atomic mass is 35.5. The molecule has 3 heterocycles. The molecule has 0 unspecified atom stereocenters. The maximum Gasteiger partial charge on any atom is 0.407 e. The molecule has 1 amide bonds. The van der Waals surface area contributed by atoms with Crippen LogP contribution in [-0.2, 0) is 0 Å². The number of carboxylic acid groups (broad SMARTS) is 1. The van der Waals surface area contributed by atoms with E-state index in [9.17, 15) is 14.3 Å². The molecule has 1 fully saturated rings. The van der Waals surface area contributed by atoms with Crippen molar-refractivity contribution in [3.63, 3.8) is 0 Å². The first-order chi connectivity index (χ1) is 11.5. The normalized spacial score (nSPS) is 17.8. The molecule has 0 radical (unpaired) electrons. The Morgan fingerprint density at radius 3 is 2.92 bits per heavy atom. The Morgan fingerprint density at radius 1 is 1.42 bits per heavy atom. The zero-order chi connectivity index (χ0) is 17.3. The van der Waals surface area contributed by atoms with Crippen molar-refractivity contribution in [2.75, 3.05) is 24.5 Å². The molecule has 3 rings (SSSR count). The zero-order valence-corrected chi connectivity index (χ0v) is 13.2. The average Bonchev–Trinajstić information content (AvgIpc) is 2.58. The Labute approximate surface area is 141 Å². The van der Waals surface area contributed by atoms with Gasteiger partial charge in [-0.05, 0) is 0 Å². The Hall–Kier alpha value is -2.66. The average molecular weight is 350 g/mol. The van der Waals surface area contributed by atoms with Crippen LogP contribution in [-0.4, -0.2) is 51.7 Å². The second kappa shape index (κ2) is 6.45.